The van der Waals surface area contributed by atoms with Crippen molar-refractivity contribution in [1.82, 2.24) is 0 Å². The van der Waals surface area contributed by atoms with Crippen LogP contribution >= 0.6 is 0 Å². The van der Waals surface area contributed by atoms with E-state index in [0.717, 1.165) is 19.6 Å². The summed E-state index contributed by atoms with van der Waals surface area (Å²) >= 11 is 0. The number of rotatable bonds is 2. The van der Waals surface area contributed by atoms with Crippen LogP contribution in [0.15, 0.2) is 0 Å². The van der Waals surface area contributed by atoms with Crippen molar-refractivity contribution in [2.24, 2.45) is 5.92 Å². The Morgan fingerprint density at radius 2 is 2.36 bits per heavy atom. The fraction of sp³-hybridized carbons (Fsp3) is 1.00. The molecular formula is C8H14O3. The van der Waals surface area contributed by atoms with Crippen molar-refractivity contribution in [3.63, 3.8) is 0 Å². The Labute approximate surface area is 66.6 Å². The predicted molar refractivity (Wildman–Crippen MR) is 39.2 cm³/mol. The van der Waals surface area contributed by atoms with Gasteiger partial charge in [-0.1, -0.05) is 0 Å². The van der Waals surface area contributed by atoms with Crippen LogP contribution in [-0.2, 0) is 14.2 Å². The number of ether oxygens (including phenoxy) is 3. The molecule has 3 nitrogen and oxygen atoms in total. The second-order valence-electron chi connectivity index (χ2n) is 3.02. The van der Waals surface area contributed by atoms with E-state index < -0.39 is 0 Å². The van der Waals surface area contributed by atoms with E-state index >= 15 is 0 Å². The highest BCUT2D eigenvalue weighted by Gasteiger charge is 2.41. The molecule has 11 heavy (non-hydrogen) atoms. The molecule has 2 saturated heterocycles. The first-order valence-electron chi connectivity index (χ1n) is 4.26. The summed E-state index contributed by atoms with van der Waals surface area (Å²) in [6.07, 6.45) is 1.41. The molecule has 2 rings (SSSR count). The average molecular weight is 158 g/mol. The molecule has 0 radical (unpaired) electrons. The Bertz CT molecular complexity index is 135. The summed E-state index contributed by atoms with van der Waals surface area (Å²) < 4.78 is 16.3. The molecular weight excluding hydrogens is 144 g/mol. The Kier molecular flexibility index (Phi) is 2.11. The highest BCUT2D eigenvalue weighted by Crippen LogP contribution is 2.32. The minimum absolute atomic E-state index is 0.0338. The lowest BCUT2D eigenvalue weighted by molar-refractivity contribution is -0.0908. The third kappa shape index (κ3) is 1.28. The molecule has 2 aliphatic heterocycles. The van der Waals surface area contributed by atoms with E-state index in [4.69, 9.17) is 14.2 Å². The van der Waals surface area contributed by atoms with Gasteiger partial charge in [-0.25, -0.2) is 0 Å². The Hall–Kier alpha value is -0.120. The van der Waals surface area contributed by atoms with E-state index in [0.29, 0.717) is 12.5 Å². The van der Waals surface area contributed by atoms with Crippen LogP contribution in [0.4, 0.5) is 0 Å². The van der Waals surface area contributed by atoms with Crippen molar-refractivity contribution in [2.75, 3.05) is 19.8 Å². The smallest absolute Gasteiger partial charge is 0.163 e. The van der Waals surface area contributed by atoms with Crippen molar-refractivity contribution >= 4 is 0 Å². The zero-order valence-corrected chi connectivity index (χ0v) is 6.79. The minimum atomic E-state index is 0.0338. The number of fused-ring (bicyclic) bond motifs is 1. The Morgan fingerprint density at radius 3 is 3.18 bits per heavy atom. The summed E-state index contributed by atoms with van der Waals surface area (Å²) in [5, 5.41) is 0. The lowest BCUT2D eigenvalue weighted by Gasteiger charge is -2.13. The van der Waals surface area contributed by atoms with E-state index in [1.165, 1.54) is 0 Å². The highest BCUT2D eigenvalue weighted by atomic mass is 16.7. The van der Waals surface area contributed by atoms with Crippen molar-refractivity contribution in [3.8, 4) is 0 Å². The first-order chi connectivity index (χ1) is 5.42. The van der Waals surface area contributed by atoms with E-state index in [9.17, 15) is 0 Å². The van der Waals surface area contributed by atoms with Gasteiger partial charge in [-0.2, -0.15) is 0 Å². The fourth-order valence-corrected chi connectivity index (χ4v) is 1.81. The summed E-state index contributed by atoms with van der Waals surface area (Å²) in [6.45, 7) is 4.34. The molecule has 0 amide bonds. The quantitative estimate of drug-likeness (QED) is 0.594. The maximum absolute atomic E-state index is 5.51. The van der Waals surface area contributed by atoms with Gasteiger partial charge in [0.05, 0.1) is 19.3 Å². The normalized spacial score (nSPS) is 42.8. The standard InChI is InChI=1S/C8H14O3/c1-2-9-7-5-11-8-6(7)3-4-10-8/h6-8H,2-5H2,1H3/t6-,7-,8+/m0/s1. The second-order valence-corrected chi connectivity index (χ2v) is 3.02. The highest BCUT2D eigenvalue weighted by molar-refractivity contribution is 4.83. The molecule has 3 atom stereocenters. The van der Waals surface area contributed by atoms with Crippen molar-refractivity contribution in [2.45, 2.75) is 25.7 Å². The third-order valence-electron chi connectivity index (χ3n) is 2.37. The molecule has 0 N–H and O–H groups in total. The first kappa shape index (κ1) is 7.53. The Morgan fingerprint density at radius 1 is 1.45 bits per heavy atom. The summed E-state index contributed by atoms with van der Waals surface area (Å²) in [7, 11) is 0. The van der Waals surface area contributed by atoms with E-state index in [1.54, 1.807) is 0 Å². The topological polar surface area (TPSA) is 27.7 Å². The van der Waals surface area contributed by atoms with Gasteiger partial charge in [-0.15, -0.1) is 0 Å². The summed E-state index contributed by atoms with van der Waals surface area (Å²) in [4.78, 5) is 0. The molecule has 2 aliphatic rings. The first-order valence-corrected chi connectivity index (χ1v) is 4.26. The van der Waals surface area contributed by atoms with Gasteiger partial charge in [0.2, 0.25) is 0 Å². The lowest BCUT2D eigenvalue weighted by atomic mass is 10.0. The molecule has 2 fully saturated rings. The molecule has 0 unspecified atom stereocenters. The molecule has 0 bridgehead atoms. The van der Waals surface area contributed by atoms with Crippen LogP contribution in [0.3, 0.4) is 0 Å². The molecule has 2 heterocycles. The van der Waals surface area contributed by atoms with Crippen LogP contribution < -0.4 is 0 Å². The van der Waals surface area contributed by atoms with Gasteiger partial charge < -0.3 is 14.2 Å². The van der Waals surface area contributed by atoms with Gasteiger partial charge in [0.1, 0.15) is 0 Å². The van der Waals surface area contributed by atoms with E-state index in [1.807, 2.05) is 6.92 Å². The summed E-state index contributed by atoms with van der Waals surface area (Å²) in [5.41, 5.74) is 0. The van der Waals surface area contributed by atoms with Crippen LogP contribution in [0.1, 0.15) is 13.3 Å². The summed E-state index contributed by atoms with van der Waals surface area (Å²) in [5.74, 6) is 0.495. The van der Waals surface area contributed by atoms with Gasteiger partial charge in [0.25, 0.3) is 0 Å². The van der Waals surface area contributed by atoms with Crippen molar-refractivity contribution < 1.29 is 14.2 Å². The molecule has 0 aliphatic carbocycles. The molecule has 0 aromatic rings. The van der Waals surface area contributed by atoms with Crippen LogP contribution in [0.25, 0.3) is 0 Å². The lowest BCUT2D eigenvalue weighted by Crippen LogP contribution is -2.22. The molecule has 0 spiro atoms. The largest absolute Gasteiger partial charge is 0.376 e. The maximum Gasteiger partial charge on any atom is 0.163 e. The predicted octanol–water partition coefficient (Wildman–Crippen LogP) is 0.784. The van der Waals surface area contributed by atoms with E-state index in [2.05, 4.69) is 0 Å². The molecule has 3 heteroatoms. The zero-order chi connectivity index (χ0) is 7.68. The molecule has 0 saturated carbocycles. The average Bonchev–Trinajstić information content (AvgIpc) is 2.53. The third-order valence-corrected chi connectivity index (χ3v) is 2.37. The number of hydrogen-bond acceptors (Lipinski definition) is 3. The molecule has 0 aromatic carbocycles. The van der Waals surface area contributed by atoms with Crippen molar-refractivity contribution in [3.05, 3.63) is 0 Å². The zero-order valence-electron chi connectivity index (χ0n) is 6.79. The van der Waals surface area contributed by atoms with Crippen LogP contribution in [0, 0.1) is 5.92 Å². The van der Waals surface area contributed by atoms with Gasteiger partial charge in [-0.3, -0.25) is 0 Å². The molecule has 64 valence electrons. The van der Waals surface area contributed by atoms with Crippen LogP contribution in [0.5, 0.6) is 0 Å². The van der Waals surface area contributed by atoms with Gasteiger partial charge >= 0.3 is 0 Å². The van der Waals surface area contributed by atoms with Gasteiger partial charge in [0, 0.05) is 12.5 Å². The monoisotopic (exact) mass is 158 g/mol. The van der Waals surface area contributed by atoms with E-state index in [-0.39, 0.29) is 12.4 Å². The van der Waals surface area contributed by atoms with Crippen LogP contribution in [-0.4, -0.2) is 32.2 Å². The molecule has 0 aromatic heterocycles. The second kappa shape index (κ2) is 3.09. The fourth-order valence-electron chi connectivity index (χ4n) is 1.81. The van der Waals surface area contributed by atoms with Gasteiger partial charge in [0.15, 0.2) is 6.29 Å². The number of hydrogen-bond donors (Lipinski definition) is 0. The Balaban J connectivity index is 1.92. The van der Waals surface area contributed by atoms with Gasteiger partial charge in [-0.05, 0) is 13.3 Å². The maximum atomic E-state index is 5.51. The SMILES string of the molecule is CCO[C@H]1CO[C@H]2OCC[C@H]21. The van der Waals surface area contributed by atoms with Crippen LogP contribution in [0.2, 0.25) is 0 Å². The van der Waals surface area contributed by atoms with Crippen molar-refractivity contribution in [1.29, 1.82) is 0 Å². The summed E-state index contributed by atoms with van der Waals surface area (Å²) in [6, 6.07) is 0. The minimum Gasteiger partial charge on any atom is -0.376 e.